The van der Waals surface area contributed by atoms with Crippen molar-refractivity contribution < 1.29 is 14.3 Å². The number of carbonyl (C=O) groups is 2. The first-order valence-corrected chi connectivity index (χ1v) is 7.12. The van der Waals surface area contributed by atoms with Crippen LogP contribution in [-0.4, -0.2) is 54.5 Å². The quantitative estimate of drug-likeness (QED) is 0.911. The lowest BCUT2D eigenvalue weighted by molar-refractivity contribution is -0.146. The Bertz CT molecular complexity index is 717. The van der Waals surface area contributed by atoms with Gasteiger partial charge in [0.1, 0.15) is 6.61 Å². The van der Waals surface area contributed by atoms with E-state index < -0.39 is 0 Å². The Morgan fingerprint density at radius 1 is 1.45 bits per heavy atom. The zero-order valence-electron chi connectivity index (χ0n) is 12.3. The van der Waals surface area contributed by atoms with Crippen LogP contribution in [-0.2, 0) is 9.53 Å². The van der Waals surface area contributed by atoms with E-state index in [1.807, 2.05) is 24.3 Å². The Morgan fingerprint density at radius 2 is 2.32 bits per heavy atom. The number of aromatic nitrogens is 1. The first-order valence-electron chi connectivity index (χ1n) is 7.12. The van der Waals surface area contributed by atoms with Gasteiger partial charge in [0.15, 0.2) is 0 Å². The van der Waals surface area contributed by atoms with Crippen LogP contribution in [0.15, 0.2) is 36.5 Å². The number of nitrogens with zero attached hydrogens (tertiary/aromatic N) is 2. The van der Waals surface area contributed by atoms with Crippen LogP contribution < -0.4 is 5.32 Å². The number of nitrogens with one attached hydrogen (secondary N) is 1. The normalized spacial score (nSPS) is 18.5. The lowest BCUT2D eigenvalue weighted by atomic mass is 10.1. The van der Waals surface area contributed by atoms with Gasteiger partial charge in [0, 0.05) is 37.3 Å². The third-order valence-corrected chi connectivity index (χ3v) is 3.70. The summed E-state index contributed by atoms with van der Waals surface area (Å²) >= 11 is 0. The second kappa shape index (κ2) is 6.11. The third-order valence-electron chi connectivity index (χ3n) is 3.70. The molecule has 1 atom stereocenters. The topological polar surface area (TPSA) is 71.5 Å². The lowest BCUT2D eigenvalue weighted by Crippen LogP contribution is -2.48. The van der Waals surface area contributed by atoms with Gasteiger partial charge < -0.3 is 15.0 Å². The summed E-state index contributed by atoms with van der Waals surface area (Å²) in [7, 11) is 1.73. The molecule has 1 unspecified atom stereocenters. The van der Waals surface area contributed by atoms with Crippen molar-refractivity contribution in [2.45, 2.75) is 6.10 Å². The average molecular weight is 299 g/mol. The van der Waals surface area contributed by atoms with Crippen LogP contribution >= 0.6 is 0 Å². The highest BCUT2D eigenvalue weighted by molar-refractivity contribution is 5.97. The Labute approximate surface area is 128 Å². The summed E-state index contributed by atoms with van der Waals surface area (Å²) in [4.78, 5) is 29.4. The van der Waals surface area contributed by atoms with Crippen molar-refractivity contribution in [1.29, 1.82) is 0 Å². The third kappa shape index (κ3) is 3.07. The smallest absolute Gasteiger partial charge is 0.251 e. The van der Waals surface area contributed by atoms with Crippen molar-refractivity contribution in [2.24, 2.45) is 0 Å². The number of fused-ring (bicyclic) bond motifs is 1. The zero-order chi connectivity index (χ0) is 15.5. The second-order valence-corrected chi connectivity index (χ2v) is 5.33. The van der Waals surface area contributed by atoms with Crippen LogP contribution in [0.1, 0.15) is 10.4 Å². The molecular weight excluding hydrogens is 282 g/mol. The molecule has 2 amide bonds. The van der Waals surface area contributed by atoms with E-state index in [0.29, 0.717) is 18.7 Å². The van der Waals surface area contributed by atoms with Crippen molar-refractivity contribution in [1.82, 2.24) is 15.2 Å². The minimum absolute atomic E-state index is 0.0374. The number of hydrogen-bond acceptors (Lipinski definition) is 4. The molecule has 0 spiro atoms. The molecule has 1 fully saturated rings. The van der Waals surface area contributed by atoms with Gasteiger partial charge in [0.05, 0.1) is 11.6 Å². The number of carbonyl (C=O) groups excluding carboxylic acids is 2. The summed E-state index contributed by atoms with van der Waals surface area (Å²) < 4.78 is 5.40. The van der Waals surface area contributed by atoms with Gasteiger partial charge in [-0.25, -0.2) is 0 Å². The van der Waals surface area contributed by atoms with Gasteiger partial charge in [-0.05, 0) is 24.3 Å². The predicted molar refractivity (Wildman–Crippen MR) is 81.5 cm³/mol. The number of benzene rings is 1. The number of rotatable bonds is 3. The number of likely N-dealkylation sites (N-methyl/N-ethyl adjacent to an activating group) is 1. The monoisotopic (exact) mass is 299 g/mol. The maximum Gasteiger partial charge on any atom is 0.251 e. The fourth-order valence-corrected chi connectivity index (χ4v) is 2.41. The Hall–Kier alpha value is -2.47. The van der Waals surface area contributed by atoms with E-state index in [0.717, 1.165) is 10.9 Å². The summed E-state index contributed by atoms with van der Waals surface area (Å²) in [6, 6.07) is 9.15. The Morgan fingerprint density at radius 3 is 3.14 bits per heavy atom. The van der Waals surface area contributed by atoms with E-state index in [4.69, 9.17) is 4.74 Å². The highest BCUT2D eigenvalue weighted by Crippen LogP contribution is 2.13. The minimum atomic E-state index is -0.172. The van der Waals surface area contributed by atoms with E-state index >= 15 is 0 Å². The van der Waals surface area contributed by atoms with Crippen LogP contribution in [0.4, 0.5) is 0 Å². The summed E-state index contributed by atoms with van der Waals surface area (Å²) in [6.45, 7) is 0.932. The molecule has 3 rings (SSSR count). The van der Waals surface area contributed by atoms with Gasteiger partial charge in [-0.2, -0.15) is 0 Å². The van der Waals surface area contributed by atoms with Gasteiger partial charge in [0.25, 0.3) is 5.91 Å². The van der Waals surface area contributed by atoms with E-state index in [9.17, 15) is 9.59 Å². The molecule has 1 aliphatic rings. The molecule has 1 N–H and O–H groups in total. The largest absolute Gasteiger partial charge is 0.365 e. The van der Waals surface area contributed by atoms with Crippen LogP contribution in [0.25, 0.3) is 10.9 Å². The molecular formula is C16H17N3O3. The Kier molecular flexibility index (Phi) is 4.02. The van der Waals surface area contributed by atoms with Crippen LogP contribution in [0.3, 0.4) is 0 Å². The highest BCUT2D eigenvalue weighted by Gasteiger charge is 2.23. The standard InChI is InChI=1S/C16H17N3O3/c1-19-9-13(22-10-15(19)20)8-18-16(21)12-4-5-14-11(7-12)3-2-6-17-14/h2-7,13H,8-10H2,1H3,(H,18,21). The highest BCUT2D eigenvalue weighted by atomic mass is 16.5. The van der Waals surface area contributed by atoms with E-state index in [-0.39, 0.29) is 24.5 Å². The SMILES string of the molecule is CN1CC(CNC(=O)c2ccc3ncccc3c2)OCC1=O. The van der Waals surface area contributed by atoms with Crippen LogP contribution in [0.5, 0.6) is 0 Å². The fraction of sp³-hybridized carbons (Fsp3) is 0.312. The van der Waals surface area contributed by atoms with Gasteiger partial charge in [0.2, 0.25) is 5.91 Å². The number of hydrogen-bond donors (Lipinski definition) is 1. The predicted octanol–water partition coefficient (Wildman–Crippen LogP) is 0.822. The summed E-state index contributed by atoms with van der Waals surface area (Å²) in [5.74, 6) is -0.196. The second-order valence-electron chi connectivity index (χ2n) is 5.33. The van der Waals surface area contributed by atoms with E-state index in [2.05, 4.69) is 10.3 Å². The van der Waals surface area contributed by atoms with Crippen LogP contribution in [0.2, 0.25) is 0 Å². The molecule has 2 aromatic rings. The van der Waals surface area contributed by atoms with E-state index in [1.54, 1.807) is 24.2 Å². The average Bonchev–Trinajstić information content (AvgIpc) is 2.55. The van der Waals surface area contributed by atoms with Crippen molar-refractivity contribution in [2.75, 3.05) is 26.7 Å². The fourth-order valence-electron chi connectivity index (χ4n) is 2.41. The molecule has 114 valence electrons. The molecule has 1 aromatic carbocycles. The van der Waals surface area contributed by atoms with E-state index in [1.165, 1.54) is 0 Å². The van der Waals surface area contributed by atoms with Gasteiger partial charge in [-0.1, -0.05) is 6.07 Å². The first kappa shape index (κ1) is 14.5. The molecule has 2 heterocycles. The molecule has 0 bridgehead atoms. The zero-order valence-corrected chi connectivity index (χ0v) is 12.3. The van der Waals surface area contributed by atoms with Crippen molar-refractivity contribution in [3.05, 3.63) is 42.1 Å². The summed E-state index contributed by atoms with van der Waals surface area (Å²) in [5.41, 5.74) is 1.44. The van der Waals surface area contributed by atoms with Gasteiger partial charge in [-0.15, -0.1) is 0 Å². The van der Waals surface area contributed by atoms with Crippen molar-refractivity contribution >= 4 is 22.7 Å². The van der Waals surface area contributed by atoms with Crippen molar-refractivity contribution in [3.63, 3.8) is 0 Å². The molecule has 0 radical (unpaired) electrons. The molecule has 0 saturated carbocycles. The van der Waals surface area contributed by atoms with Crippen LogP contribution in [0, 0.1) is 0 Å². The number of ether oxygens (including phenoxy) is 1. The molecule has 1 aromatic heterocycles. The molecule has 6 nitrogen and oxygen atoms in total. The summed E-state index contributed by atoms with van der Waals surface area (Å²) in [5, 5.41) is 3.77. The summed E-state index contributed by atoms with van der Waals surface area (Å²) in [6.07, 6.45) is 1.55. The maximum absolute atomic E-state index is 12.2. The Balaban J connectivity index is 1.62. The number of pyridine rings is 1. The molecule has 22 heavy (non-hydrogen) atoms. The molecule has 6 heteroatoms. The van der Waals surface area contributed by atoms with Gasteiger partial charge >= 0.3 is 0 Å². The molecule has 0 aliphatic carbocycles. The molecule has 1 aliphatic heterocycles. The lowest BCUT2D eigenvalue weighted by Gasteiger charge is -2.29. The maximum atomic E-state index is 12.2. The minimum Gasteiger partial charge on any atom is -0.365 e. The van der Waals surface area contributed by atoms with Gasteiger partial charge in [-0.3, -0.25) is 14.6 Å². The number of amides is 2. The first-order chi connectivity index (χ1) is 10.6. The molecule has 1 saturated heterocycles. The number of morpholine rings is 1. The van der Waals surface area contributed by atoms with Crippen molar-refractivity contribution in [3.8, 4) is 0 Å².